The minimum absolute atomic E-state index is 0.118. The first kappa shape index (κ1) is 16.9. The first-order chi connectivity index (χ1) is 9.86. The summed E-state index contributed by atoms with van der Waals surface area (Å²) in [5, 5.41) is 4.67. The number of hydrogen-bond acceptors (Lipinski definition) is 5. The third kappa shape index (κ3) is 4.25. The average Bonchev–Trinajstić information content (AvgIpc) is 2.79. The van der Waals surface area contributed by atoms with Crippen LogP contribution in [0.2, 0.25) is 0 Å². The third-order valence-electron chi connectivity index (χ3n) is 3.78. The largest absolute Gasteiger partial charge is 0.381 e. The molecule has 0 saturated carbocycles. The molecular formula is C16H28N2O2S. The molecule has 0 aromatic carbocycles. The Kier molecular flexibility index (Phi) is 5.41. The number of aromatic nitrogens is 1. The Morgan fingerprint density at radius 3 is 2.57 bits per heavy atom. The summed E-state index contributed by atoms with van der Waals surface area (Å²) in [6.45, 7) is 13.8. The number of nitrogens with zero attached hydrogens (tertiary/aromatic N) is 1. The van der Waals surface area contributed by atoms with E-state index < -0.39 is 0 Å². The maximum absolute atomic E-state index is 6.12. The summed E-state index contributed by atoms with van der Waals surface area (Å²) >= 11 is 1.79. The summed E-state index contributed by atoms with van der Waals surface area (Å²) in [7, 11) is 0. The molecule has 0 amide bonds. The molecule has 120 valence electrons. The van der Waals surface area contributed by atoms with Crippen molar-refractivity contribution < 1.29 is 9.47 Å². The van der Waals surface area contributed by atoms with E-state index in [2.05, 4.69) is 39.9 Å². The van der Waals surface area contributed by atoms with Gasteiger partial charge in [-0.3, -0.25) is 0 Å². The lowest BCUT2D eigenvalue weighted by Gasteiger charge is -2.35. The van der Waals surface area contributed by atoms with Crippen LogP contribution in [0.25, 0.3) is 0 Å². The van der Waals surface area contributed by atoms with E-state index in [4.69, 9.17) is 14.5 Å². The zero-order valence-electron chi connectivity index (χ0n) is 13.9. The van der Waals surface area contributed by atoms with Crippen molar-refractivity contribution in [3.63, 3.8) is 0 Å². The van der Waals surface area contributed by atoms with Gasteiger partial charge >= 0.3 is 0 Å². The predicted octanol–water partition coefficient (Wildman–Crippen LogP) is 3.38. The molecule has 5 heteroatoms. The van der Waals surface area contributed by atoms with Gasteiger partial charge in [-0.1, -0.05) is 0 Å². The van der Waals surface area contributed by atoms with Gasteiger partial charge in [0.15, 0.2) is 0 Å². The Labute approximate surface area is 132 Å². The molecule has 4 nitrogen and oxygen atoms in total. The standard InChI is InChI=1S/C16H28N2O2S/c1-6-20-16(7-9-19-10-8-16)14-18-12(2)13(21-14)11-17-15(3,4)5/h17H,6-11H2,1-5H3. The third-order valence-corrected chi connectivity index (χ3v) is 5.13. The fraction of sp³-hybridized carbons (Fsp3) is 0.812. The molecule has 1 N–H and O–H groups in total. The van der Waals surface area contributed by atoms with Gasteiger partial charge in [-0.05, 0) is 34.6 Å². The van der Waals surface area contributed by atoms with Crippen molar-refractivity contribution in [2.75, 3.05) is 19.8 Å². The van der Waals surface area contributed by atoms with Crippen LogP contribution < -0.4 is 5.32 Å². The summed E-state index contributed by atoms with van der Waals surface area (Å²) in [5.41, 5.74) is 1.01. The molecule has 2 rings (SSSR count). The number of ether oxygens (including phenoxy) is 2. The SMILES string of the molecule is CCOC1(c2nc(C)c(CNC(C)(C)C)s2)CCOCC1. The van der Waals surface area contributed by atoms with Crippen LogP contribution in [0.5, 0.6) is 0 Å². The molecule has 1 aromatic heterocycles. The fourth-order valence-electron chi connectivity index (χ4n) is 2.53. The monoisotopic (exact) mass is 312 g/mol. The van der Waals surface area contributed by atoms with Crippen LogP contribution in [0.1, 0.15) is 56.1 Å². The minimum Gasteiger partial charge on any atom is -0.381 e. The second kappa shape index (κ2) is 6.73. The van der Waals surface area contributed by atoms with Gasteiger partial charge in [0.1, 0.15) is 10.6 Å². The van der Waals surface area contributed by atoms with Crippen molar-refractivity contribution in [1.82, 2.24) is 10.3 Å². The van der Waals surface area contributed by atoms with E-state index >= 15 is 0 Å². The molecule has 1 saturated heterocycles. The topological polar surface area (TPSA) is 43.4 Å². The number of aryl methyl sites for hydroxylation is 1. The van der Waals surface area contributed by atoms with E-state index in [0.717, 1.165) is 43.3 Å². The second-order valence-electron chi connectivity index (χ2n) is 6.67. The van der Waals surface area contributed by atoms with Crippen molar-refractivity contribution in [2.24, 2.45) is 0 Å². The van der Waals surface area contributed by atoms with Gasteiger partial charge in [0, 0.05) is 49.6 Å². The van der Waals surface area contributed by atoms with Crippen molar-refractivity contribution >= 4 is 11.3 Å². The summed E-state index contributed by atoms with van der Waals surface area (Å²) in [4.78, 5) is 6.13. The Hall–Kier alpha value is -0.490. The lowest BCUT2D eigenvalue weighted by atomic mass is 9.95. The van der Waals surface area contributed by atoms with E-state index in [1.807, 2.05) is 0 Å². The zero-order valence-corrected chi connectivity index (χ0v) is 14.7. The summed E-state index contributed by atoms with van der Waals surface area (Å²) in [5.74, 6) is 0. The lowest BCUT2D eigenvalue weighted by Crippen LogP contribution is -2.36. The zero-order chi connectivity index (χ0) is 15.5. The Bertz CT molecular complexity index is 454. The van der Waals surface area contributed by atoms with E-state index in [-0.39, 0.29) is 11.1 Å². The van der Waals surface area contributed by atoms with E-state index in [1.165, 1.54) is 4.88 Å². The number of rotatable bonds is 5. The molecule has 21 heavy (non-hydrogen) atoms. The lowest BCUT2D eigenvalue weighted by molar-refractivity contribution is -0.112. The molecule has 1 aliphatic heterocycles. The maximum Gasteiger partial charge on any atom is 0.125 e. The van der Waals surface area contributed by atoms with Crippen LogP contribution in [0, 0.1) is 6.92 Å². The Balaban J connectivity index is 2.18. The molecule has 1 aliphatic rings. The fourth-order valence-corrected chi connectivity index (χ4v) is 3.73. The predicted molar refractivity (Wildman–Crippen MR) is 86.8 cm³/mol. The van der Waals surface area contributed by atoms with Crippen LogP contribution in [-0.4, -0.2) is 30.3 Å². The van der Waals surface area contributed by atoms with Crippen LogP contribution in [0.4, 0.5) is 0 Å². The molecule has 0 atom stereocenters. The molecule has 2 heterocycles. The molecule has 1 fully saturated rings. The number of thiazole rings is 1. The molecule has 1 aromatic rings. The average molecular weight is 312 g/mol. The Morgan fingerprint density at radius 2 is 2.00 bits per heavy atom. The van der Waals surface area contributed by atoms with Gasteiger partial charge < -0.3 is 14.8 Å². The van der Waals surface area contributed by atoms with Gasteiger partial charge in [0.25, 0.3) is 0 Å². The van der Waals surface area contributed by atoms with Crippen molar-refractivity contribution in [1.29, 1.82) is 0 Å². The highest BCUT2D eigenvalue weighted by Gasteiger charge is 2.38. The highest BCUT2D eigenvalue weighted by atomic mass is 32.1. The molecule has 0 aliphatic carbocycles. The summed E-state index contributed by atoms with van der Waals surface area (Å²) in [6.07, 6.45) is 1.81. The van der Waals surface area contributed by atoms with Crippen molar-refractivity contribution in [3.8, 4) is 0 Å². The minimum atomic E-state index is -0.234. The smallest absolute Gasteiger partial charge is 0.125 e. The highest BCUT2D eigenvalue weighted by molar-refractivity contribution is 7.11. The van der Waals surface area contributed by atoms with Crippen molar-refractivity contribution in [3.05, 3.63) is 15.6 Å². The number of hydrogen-bond donors (Lipinski definition) is 1. The van der Waals surface area contributed by atoms with Crippen LogP contribution in [-0.2, 0) is 21.6 Å². The van der Waals surface area contributed by atoms with Gasteiger partial charge in [0.05, 0.1) is 5.69 Å². The second-order valence-corrected chi connectivity index (χ2v) is 7.75. The van der Waals surface area contributed by atoms with E-state index in [0.29, 0.717) is 6.61 Å². The molecule has 0 bridgehead atoms. The summed E-state index contributed by atoms with van der Waals surface area (Å²) in [6, 6.07) is 0. The molecule has 0 radical (unpaired) electrons. The van der Waals surface area contributed by atoms with Gasteiger partial charge in [-0.25, -0.2) is 4.98 Å². The molecule has 0 spiro atoms. The van der Waals surface area contributed by atoms with Crippen LogP contribution in [0.3, 0.4) is 0 Å². The Morgan fingerprint density at radius 1 is 1.33 bits per heavy atom. The summed E-state index contributed by atoms with van der Waals surface area (Å²) < 4.78 is 11.6. The number of nitrogens with one attached hydrogen (secondary N) is 1. The molecule has 0 unspecified atom stereocenters. The van der Waals surface area contributed by atoms with Gasteiger partial charge in [-0.2, -0.15) is 0 Å². The van der Waals surface area contributed by atoms with Crippen molar-refractivity contribution in [2.45, 2.75) is 65.1 Å². The van der Waals surface area contributed by atoms with E-state index in [1.54, 1.807) is 11.3 Å². The molecular weight excluding hydrogens is 284 g/mol. The van der Waals surface area contributed by atoms with E-state index in [9.17, 15) is 0 Å². The normalized spacial score (nSPS) is 18.9. The quantitative estimate of drug-likeness (QED) is 0.905. The highest BCUT2D eigenvalue weighted by Crippen LogP contribution is 2.39. The first-order valence-corrected chi connectivity index (χ1v) is 8.61. The van der Waals surface area contributed by atoms with Crippen LogP contribution in [0.15, 0.2) is 0 Å². The van der Waals surface area contributed by atoms with Crippen LogP contribution >= 0.6 is 11.3 Å². The first-order valence-electron chi connectivity index (χ1n) is 7.80. The van der Waals surface area contributed by atoms with Gasteiger partial charge in [0.2, 0.25) is 0 Å². The maximum atomic E-state index is 6.12. The van der Waals surface area contributed by atoms with Gasteiger partial charge in [-0.15, -0.1) is 11.3 Å².